The number of hydrazine groups is 1. The van der Waals surface area contributed by atoms with Crippen LogP contribution in [0, 0.1) is 13.8 Å². The van der Waals surface area contributed by atoms with E-state index in [2.05, 4.69) is 47.0 Å². The van der Waals surface area contributed by atoms with E-state index in [1.54, 1.807) is 0 Å². The van der Waals surface area contributed by atoms with E-state index in [-0.39, 0.29) is 6.04 Å². The molecule has 3 N–H and O–H groups in total. The summed E-state index contributed by atoms with van der Waals surface area (Å²) in [6, 6.07) is 6.72. The summed E-state index contributed by atoms with van der Waals surface area (Å²) in [7, 11) is 2.02. The first-order chi connectivity index (χ1) is 9.10. The second kappa shape index (κ2) is 5.99. The van der Waals surface area contributed by atoms with E-state index in [4.69, 9.17) is 5.84 Å². The zero-order chi connectivity index (χ0) is 13.8. The van der Waals surface area contributed by atoms with Crippen molar-refractivity contribution in [1.29, 1.82) is 0 Å². The van der Waals surface area contributed by atoms with Crippen molar-refractivity contribution in [2.45, 2.75) is 32.7 Å². The number of hydrogen-bond donors (Lipinski definition) is 2. The fourth-order valence-corrected chi connectivity index (χ4v) is 2.47. The maximum absolute atomic E-state index is 5.71. The van der Waals surface area contributed by atoms with E-state index in [0.717, 1.165) is 18.7 Å². The SMILES string of the molecule is Cc1cc(C)cc(C(CCc2nccn2C)NN)c1. The van der Waals surface area contributed by atoms with E-state index in [1.807, 2.05) is 19.4 Å². The number of aryl methyl sites for hydroxylation is 4. The molecule has 1 unspecified atom stereocenters. The van der Waals surface area contributed by atoms with Gasteiger partial charge in [0.15, 0.2) is 0 Å². The number of imidazole rings is 1. The Kier molecular flexibility index (Phi) is 4.35. The standard InChI is InChI=1S/C15H22N4/c1-11-8-12(2)10-13(9-11)14(18-16)4-5-15-17-6-7-19(15)3/h6-10,14,18H,4-5,16H2,1-3H3. The Labute approximate surface area is 114 Å². The number of rotatable bonds is 5. The normalized spacial score (nSPS) is 12.6. The monoisotopic (exact) mass is 258 g/mol. The maximum atomic E-state index is 5.71. The molecule has 1 aromatic heterocycles. The molecule has 102 valence electrons. The Morgan fingerprint density at radius 2 is 1.95 bits per heavy atom. The predicted molar refractivity (Wildman–Crippen MR) is 77.5 cm³/mol. The van der Waals surface area contributed by atoms with Crippen molar-refractivity contribution < 1.29 is 0 Å². The third kappa shape index (κ3) is 3.43. The second-order valence-electron chi connectivity index (χ2n) is 5.13. The number of nitrogens with two attached hydrogens (primary N) is 1. The van der Waals surface area contributed by atoms with E-state index < -0.39 is 0 Å². The Balaban J connectivity index is 2.09. The summed E-state index contributed by atoms with van der Waals surface area (Å²) < 4.78 is 2.05. The van der Waals surface area contributed by atoms with Crippen LogP contribution in [0.1, 0.15) is 35.0 Å². The lowest BCUT2D eigenvalue weighted by molar-refractivity contribution is 0.506. The van der Waals surface area contributed by atoms with Gasteiger partial charge in [-0.1, -0.05) is 29.3 Å². The summed E-state index contributed by atoms with van der Waals surface area (Å²) >= 11 is 0. The molecule has 1 atom stereocenters. The molecule has 0 bridgehead atoms. The molecule has 4 nitrogen and oxygen atoms in total. The van der Waals surface area contributed by atoms with Gasteiger partial charge in [0.2, 0.25) is 0 Å². The Hall–Kier alpha value is -1.65. The first-order valence-corrected chi connectivity index (χ1v) is 6.60. The molecule has 0 aliphatic carbocycles. The lowest BCUT2D eigenvalue weighted by atomic mass is 9.98. The molecule has 0 aliphatic heterocycles. The largest absolute Gasteiger partial charge is 0.338 e. The molecule has 4 heteroatoms. The van der Waals surface area contributed by atoms with Crippen LogP contribution in [0.2, 0.25) is 0 Å². The fourth-order valence-electron chi connectivity index (χ4n) is 2.47. The van der Waals surface area contributed by atoms with Crippen molar-refractivity contribution in [2.75, 3.05) is 0 Å². The van der Waals surface area contributed by atoms with E-state index in [9.17, 15) is 0 Å². The highest BCUT2D eigenvalue weighted by atomic mass is 15.2. The average Bonchev–Trinajstić information content (AvgIpc) is 2.75. The van der Waals surface area contributed by atoms with Crippen LogP contribution in [-0.4, -0.2) is 9.55 Å². The van der Waals surface area contributed by atoms with E-state index in [1.165, 1.54) is 16.7 Å². The summed E-state index contributed by atoms with van der Waals surface area (Å²) in [4.78, 5) is 4.35. The summed E-state index contributed by atoms with van der Waals surface area (Å²) in [6.07, 6.45) is 5.64. The van der Waals surface area contributed by atoms with Gasteiger partial charge in [-0.25, -0.2) is 4.98 Å². The Bertz CT molecular complexity index is 525. The van der Waals surface area contributed by atoms with Gasteiger partial charge in [-0.15, -0.1) is 0 Å². The van der Waals surface area contributed by atoms with Crippen LogP contribution in [0.15, 0.2) is 30.6 Å². The number of benzene rings is 1. The van der Waals surface area contributed by atoms with Crippen LogP contribution in [0.5, 0.6) is 0 Å². The molecule has 2 rings (SSSR count). The lowest BCUT2D eigenvalue weighted by Gasteiger charge is -2.17. The minimum Gasteiger partial charge on any atom is -0.338 e. The molecule has 0 radical (unpaired) electrons. The quantitative estimate of drug-likeness (QED) is 0.638. The molecular formula is C15H22N4. The van der Waals surface area contributed by atoms with Gasteiger partial charge in [0.1, 0.15) is 5.82 Å². The predicted octanol–water partition coefficient (Wildman–Crippen LogP) is 2.17. The van der Waals surface area contributed by atoms with Crippen molar-refractivity contribution in [3.63, 3.8) is 0 Å². The van der Waals surface area contributed by atoms with Gasteiger partial charge in [0.05, 0.1) is 0 Å². The van der Waals surface area contributed by atoms with Crippen molar-refractivity contribution in [3.8, 4) is 0 Å². The van der Waals surface area contributed by atoms with Crippen molar-refractivity contribution in [1.82, 2.24) is 15.0 Å². The Morgan fingerprint density at radius 3 is 2.47 bits per heavy atom. The van der Waals surface area contributed by atoms with Crippen LogP contribution >= 0.6 is 0 Å². The molecular weight excluding hydrogens is 236 g/mol. The first kappa shape index (κ1) is 13.8. The minimum absolute atomic E-state index is 0.162. The topological polar surface area (TPSA) is 55.9 Å². The molecule has 19 heavy (non-hydrogen) atoms. The van der Waals surface area contributed by atoms with Gasteiger partial charge >= 0.3 is 0 Å². The summed E-state index contributed by atoms with van der Waals surface area (Å²) in [6.45, 7) is 4.23. The molecule has 0 fully saturated rings. The molecule has 0 spiro atoms. The molecule has 0 aliphatic rings. The first-order valence-electron chi connectivity index (χ1n) is 6.60. The molecule has 0 amide bonds. The van der Waals surface area contributed by atoms with Crippen molar-refractivity contribution in [2.24, 2.45) is 12.9 Å². The maximum Gasteiger partial charge on any atom is 0.108 e. The molecule has 1 heterocycles. The molecule has 0 saturated heterocycles. The summed E-state index contributed by atoms with van der Waals surface area (Å²) in [5, 5.41) is 0. The van der Waals surface area contributed by atoms with Gasteiger partial charge in [-0.3, -0.25) is 11.3 Å². The third-order valence-electron chi connectivity index (χ3n) is 3.43. The van der Waals surface area contributed by atoms with Crippen LogP contribution in [0.25, 0.3) is 0 Å². The van der Waals surface area contributed by atoms with Gasteiger partial charge < -0.3 is 4.57 Å². The summed E-state index contributed by atoms with van der Waals surface area (Å²) in [5.74, 6) is 6.79. The highest BCUT2D eigenvalue weighted by Crippen LogP contribution is 2.20. The number of hydrogen-bond acceptors (Lipinski definition) is 3. The van der Waals surface area contributed by atoms with Crippen LogP contribution in [0.4, 0.5) is 0 Å². The fraction of sp³-hybridized carbons (Fsp3) is 0.400. The number of nitrogens with one attached hydrogen (secondary N) is 1. The smallest absolute Gasteiger partial charge is 0.108 e. The van der Waals surface area contributed by atoms with Crippen LogP contribution < -0.4 is 11.3 Å². The third-order valence-corrected chi connectivity index (χ3v) is 3.43. The van der Waals surface area contributed by atoms with Gasteiger partial charge in [-0.2, -0.15) is 0 Å². The van der Waals surface area contributed by atoms with Crippen molar-refractivity contribution >= 4 is 0 Å². The van der Waals surface area contributed by atoms with Crippen molar-refractivity contribution in [3.05, 3.63) is 53.1 Å². The number of nitrogens with zero attached hydrogens (tertiary/aromatic N) is 2. The highest BCUT2D eigenvalue weighted by molar-refractivity contribution is 5.30. The molecule has 2 aromatic rings. The zero-order valence-corrected chi connectivity index (χ0v) is 11.9. The van der Waals surface area contributed by atoms with E-state index in [0.29, 0.717) is 0 Å². The zero-order valence-electron chi connectivity index (χ0n) is 11.9. The van der Waals surface area contributed by atoms with Crippen LogP contribution in [-0.2, 0) is 13.5 Å². The summed E-state index contributed by atoms with van der Waals surface area (Å²) in [5.41, 5.74) is 6.70. The molecule has 1 aromatic carbocycles. The Morgan fingerprint density at radius 1 is 1.26 bits per heavy atom. The number of aromatic nitrogens is 2. The van der Waals surface area contributed by atoms with Crippen LogP contribution in [0.3, 0.4) is 0 Å². The van der Waals surface area contributed by atoms with Gasteiger partial charge in [0.25, 0.3) is 0 Å². The van der Waals surface area contributed by atoms with E-state index >= 15 is 0 Å². The average molecular weight is 258 g/mol. The highest BCUT2D eigenvalue weighted by Gasteiger charge is 2.12. The molecule has 0 saturated carbocycles. The minimum atomic E-state index is 0.162. The second-order valence-corrected chi connectivity index (χ2v) is 5.13. The van der Waals surface area contributed by atoms with Gasteiger partial charge in [-0.05, 0) is 25.8 Å². The lowest BCUT2D eigenvalue weighted by Crippen LogP contribution is -2.28. The van der Waals surface area contributed by atoms with Gasteiger partial charge in [0, 0.05) is 31.9 Å².